The van der Waals surface area contributed by atoms with Gasteiger partial charge in [0.25, 0.3) is 0 Å². The molecule has 0 unspecified atom stereocenters. The fourth-order valence-corrected chi connectivity index (χ4v) is 4.47. The Labute approximate surface area is 175 Å². The summed E-state index contributed by atoms with van der Waals surface area (Å²) in [4.78, 5) is 40.0. The molecule has 2 aromatic rings. The monoisotopic (exact) mass is 409 g/mol. The summed E-state index contributed by atoms with van der Waals surface area (Å²) in [5.41, 5.74) is 2.14. The first-order valence-corrected chi connectivity index (χ1v) is 10.6. The summed E-state index contributed by atoms with van der Waals surface area (Å²) in [6, 6.07) is 11.5. The molecule has 1 aliphatic carbocycles. The highest BCUT2D eigenvalue weighted by molar-refractivity contribution is 6.00. The third kappa shape index (κ3) is 4.40. The third-order valence-electron chi connectivity index (χ3n) is 6.04. The van der Waals surface area contributed by atoms with Gasteiger partial charge in [-0.2, -0.15) is 0 Å². The lowest BCUT2D eigenvalue weighted by Gasteiger charge is -2.32. The SMILES string of the molecule is O=C(CNC(=O)[C@H]1CCCC[C@H]1C(=O)N1CCc2ccccc21)NCc1ccco1. The van der Waals surface area contributed by atoms with E-state index in [1.807, 2.05) is 23.1 Å². The van der Waals surface area contributed by atoms with Crippen molar-refractivity contribution in [1.82, 2.24) is 10.6 Å². The Hall–Kier alpha value is -3.09. The molecule has 1 fully saturated rings. The summed E-state index contributed by atoms with van der Waals surface area (Å²) in [7, 11) is 0. The van der Waals surface area contributed by atoms with E-state index < -0.39 is 5.92 Å². The molecule has 0 spiro atoms. The number of furan rings is 1. The van der Waals surface area contributed by atoms with Gasteiger partial charge in [0.1, 0.15) is 5.76 Å². The molecule has 0 bridgehead atoms. The molecule has 4 rings (SSSR count). The minimum atomic E-state index is -0.392. The molecule has 0 saturated heterocycles. The fraction of sp³-hybridized carbons (Fsp3) is 0.435. The number of hydrogen-bond acceptors (Lipinski definition) is 4. The number of nitrogens with one attached hydrogen (secondary N) is 2. The smallest absolute Gasteiger partial charge is 0.239 e. The Kier molecular flexibility index (Phi) is 6.16. The van der Waals surface area contributed by atoms with E-state index in [0.29, 0.717) is 25.1 Å². The number of carbonyl (C=O) groups excluding carboxylic acids is 3. The van der Waals surface area contributed by atoms with Gasteiger partial charge in [-0.3, -0.25) is 14.4 Å². The average molecular weight is 409 g/mol. The molecule has 1 aromatic heterocycles. The topological polar surface area (TPSA) is 91.7 Å². The van der Waals surface area contributed by atoms with Crippen molar-refractivity contribution in [1.29, 1.82) is 0 Å². The average Bonchev–Trinajstić information content (AvgIpc) is 3.45. The first-order chi connectivity index (χ1) is 14.6. The summed E-state index contributed by atoms with van der Waals surface area (Å²) in [5, 5.41) is 5.44. The van der Waals surface area contributed by atoms with Gasteiger partial charge in [-0.05, 0) is 43.0 Å². The summed E-state index contributed by atoms with van der Waals surface area (Å²) in [6.07, 6.45) is 5.64. The van der Waals surface area contributed by atoms with Gasteiger partial charge in [0, 0.05) is 18.2 Å². The number of rotatable bonds is 6. The standard InChI is InChI=1S/C23H27N3O4/c27-21(24-14-17-7-5-13-30-17)15-25-22(28)18-8-2-3-9-19(18)23(29)26-12-11-16-6-1-4-10-20(16)26/h1,4-7,10,13,18-19H,2-3,8-9,11-12,14-15H2,(H,24,27)(H,25,28)/t18-,19+/m0/s1. The van der Waals surface area contributed by atoms with Gasteiger partial charge in [-0.1, -0.05) is 31.0 Å². The number of amides is 3. The summed E-state index contributed by atoms with van der Waals surface area (Å²) in [6.45, 7) is 0.836. The number of hydrogen-bond donors (Lipinski definition) is 2. The van der Waals surface area contributed by atoms with E-state index >= 15 is 0 Å². The molecule has 158 valence electrons. The van der Waals surface area contributed by atoms with E-state index in [4.69, 9.17) is 4.42 Å². The number of para-hydroxylation sites is 1. The highest BCUT2D eigenvalue weighted by atomic mass is 16.3. The zero-order valence-corrected chi connectivity index (χ0v) is 16.9. The van der Waals surface area contributed by atoms with Crippen molar-refractivity contribution in [3.05, 3.63) is 54.0 Å². The van der Waals surface area contributed by atoms with Crippen LogP contribution in [0.3, 0.4) is 0 Å². The van der Waals surface area contributed by atoms with Gasteiger partial charge in [0.2, 0.25) is 17.7 Å². The van der Waals surface area contributed by atoms with Crippen molar-refractivity contribution >= 4 is 23.4 Å². The third-order valence-corrected chi connectivity index (χ3v) is 6.04. The van der Waals surface area contributed by atoms with E-state index in [0.717, 1.165) is 24.9 Å². The molecule has 2 aliphatic rings. The quantitative estimate of drug-likeness (QED) is 0.766. The van der Waals surface area contributed by atoms with Gasteiger partial charge >= 0.3 is 0 Å². The summed E-state index contributed by atoms with van der Waals surface area (Å²) in [5.74, 6) is -0.547. The summed E-state index contributed by atoms with van der Waals surface area (Å²) >= 11 is 0. The van der Waals surface area contributed by atoms with E-state index in [9.17, 15) is 14.4 Å². The van der Waals surface area contributed by atoms with Crippen LogP contribution in [-0.2, 0) is 27.3 Å². The molecule has 1 aromatic carbocycles. The van der Waals surface area contributed by atoms with Gasteiger partial charge < -0.3 is 20.0 Å². The summed E-state index contributed by atoms with van der Waals surface area (Å²) < 4.78 is 5.17. The molecule has 2 N–H and O–H groups in total. The zero-order chi connectivity index (χ0) is 20.9. The second-order valence-electron chi connectivity index (χ2n) is 7.94. The van der Waals surface area contributed by atoms with Crippen LogP contribution < -0.4 is 15.5 Å². The van der Waals surface area contributed by atoms with E-state index in [-0.39, 0.29) is 36.7 Å². The minimum absolute atomic E-state index is 0.0297. The van der Waals surface area contributed by atoms with Crippen LogP contribution >= 0.6 is 0 Å². The maximum atomic E-state index is 13.3. The van der Waals surface area contributed by atoms with Crippen LogP contribution in [0.1, 0.15) is 37.0 Å². The van der Waals surface area contributed by atoms with Gasteiger partial charge in [-0.25, -0.2) is 0 Å². The molecule has 2 heterocycles. The van der Waals surface area contributed by atoms with Crippen molar-refractivity contribution in [3.8, 4) is 0 Å². The van der Waals surface area contributed by atoms with Crippen LogP contribution in [-0.4, -0.2) is 30.8 Å². The maximum absolute atomic E-state index is 13.3. The second kappa shape index (κ2) is 9.15. The Morgan fingerprint density at radius 2 is 1.80 bits per heavy atom. The highest BCUT2D eigenvalue weighted by Crippen LogP contribution is 2.35. The van der Waals surface area contributed by atoms with Gasteiger partial charge in [0.15, 0.2) is 0 Å². The Morgan fingerprint density at radius 1 is 1.00 bits per heavy atom. The van der Waals surface area contributed by atoms with Crippen LogP contribution in [0.4, 0.5) is 5.69 Å². The van der Waals surface area contributed by atoms with Gasteiger partial charge in [0.05, 0.1) is 25.3 Å². The van der Waals surface area contributed by atoms with Crippen molar-refractivity contribution in [3.63, 3.8) is 0 Å². The lowest BCUT2D eigenvalue weighted by molar-refractivity contribution is -0.136. The van der Waals surface area contributed by atoms with Crippen molar-refractivity contribution in [2.75, 3.05) is 18.0 Å². The molecule has 1 aliphatic heterocycles. The van der Waals surface area contributed by atoms with E-state index in [1.165, 1.54) is 5.56 Å². The Balaban J connectivity index is 1.34. The van der Waals surface area contributed by atoms with E-state index in [2.05, 4.69) is 16.7 Å². The fourth-order valence-electron chi connectivity index (χ4n) is 4.47. The van der Waals surface area contributed by atoms with Crippen molar-refractivity contribution < 1.29 is 18.8 Å². The van der Waals surface area contributed by atoms with Crippen LogP contribution in [0, 0.1) is 11.8 Å². The largest absolute Gasteiger partial charge is 0.467 e. The van der Waals surface area contributed by atoms with Crippen molar-refractivity contribution in [2.45, 2.75) is 38.6 Å². The Bertz CT molecular complexity index is 909. The molecular weight excluding hydrogens is 382 g/mol. The van der Waals surface area contributed by atoms with E-state index in [1.54, 1.807) is 18.4 Å². The molecule has 30 heavy (non-hydrogen) atoms. The lowest BCUT2D eigenvalue weighted by atomic mass is 9.77. The Morgan fingerprint density at radius 3 is 2.60 bits per heavy atom. The lowest BCUT2D eigenvalue weighted by Crippen LogP contribution is -2.47. The number of anilines is 1. The van der Waals surface area contributed by atoms with Crippen LogP contribution in [0.5, 0.6) is 0 Å². The highest BCUT2D eigenvalue weighted by Gasteiger charge is 2.39. The molecule has 1 saturated carbocycles. The van der Waals surface area contributed by atoms with Crippen LogP contribution in [0.25, 0.3) is 0 Å². The molecule has 2 atom stereocenters. The maximum Gasteiger partial charge on any atom is 0.239 e. The number of fused-ring (bicyclic) bond motifs is 1. The molecule has 7 nitrogen and oxygen atoms in total. The normalized spacial score (nSPS) is 20.5. The first kappa shape index (κ1) is 20.2. The predicted molar refractivity (Wildman–Crippen MR) is 112 cm³/mol. The first-order valence-electron chi connectivity index (χ1n) is 10.6. The second-order valence-corrected chi connectivity index (χ2v) is 7.94. The number of nitrogens with zero attached hydrogens (tertiary/aromatic N) is 1. The van der Waals surface area contributed by atoms with Crippen LogP contribution in [0.15, 0.2) is 47.1 Å². The van der Waals surface area contributed by atoms with Crippen molar-refractivity contribution in [2.24, 2.45) is 11.8 Å². The number of benzene rings is 1. The van der Waals surface area contributed by atoms with Crippen LogP contribution in [0.2, 0.25) is 0 Å². The van der Waals surface area contributed by atoms with Gasteiger partial charge in [-0.15, -0.1) is 0 Å². The predicted octanol–water partition coefficient (Wildman–Crippen LogP) is 2.41. The molecule has 7 heteroatoms. The molecule has 3 amide bonds. The minimum Gasteiger partial charge on any atom is -0.467 e. The number of carbonyl (C=O) groups is 3. The molecule has 0 radical (unpaired) electrons. The zero-order valence-electron chi connectivity index (χ0n) is 16.9. The molecular formula is C23H27N3O4.